The van der Waals surface area contributed by atoms with Crippen molar-refractivity contribution in [3.05, 3.63) is 124 Å². The van der Waals surface area contributed by atoms with Gasteiger partial charge in [-0.3, -0.25) is 10.1 Å². The molecule has 2 N–H and O–H groups in total. The Morgan fingerprint density at radius 2 is 1.65 bits per heavy atom. The third kappa shape index (κ3) is 6.58. The molecule has 1 aliphatic heterocycles. The Hall–Kier alpha value is -4.61. The number of methoxy groups -OCH3 is 1. The second-order valence-corrected chi connectivity index (χ2v) is 12.0. The van der Waals surface area contributed by atoms with Crippen molar-refractivity contribution in [3.63, 3.8) is 0 Å². The lowest BCUT2D eigenvalue weighted by molar-refractivity contribution is -0.387. The molecule has 5 rings (SSSR count). The number of nitro groups is 1. The Bertz CT molecular complexity index is 1750. The minimum Gasteiger partial charge on any atom is -0.383 e. The van der Waals surface area contributed by atoms with Crippen LogP contribution in [-0.2, 0) is 21.2 Å². The number of nitro benzene ring substituents is 1. The molecule has 0 bridgehead atoms. The van der Waals surface area contributed by atoms with Gasteiger partial charge in [-0.2, -0.15) is 12.8 Å². The predicted octanol–water partition coefficient (Wildman–Crippen LogP) is 5.72. The standard InChI is InChI=1S/C32H31FN4O5S/c1-42-32(22-25-9-5-6-10-28(25)23-7-3-2-4-8-23)17-19-36(20-18-32)26-13-11-24(12-14-26)31(34)35-43(40,41)27-15-16-29(33)30(21-27)37(38)39/h2-16,21H,17-20,22H2,1H3,(H2,34,35). The smallest absolute Gasteiger partial charge is 0.306 e. The summed E-state index contributed by atoms with van der Waals surface area (Å²) in [6.45, 7) is 1.53. The number of nitrogens with two attached hydrogens (primary N) is 1. The van der Waals surface area contributed by atoms with Crippen LogP contribution in [0, 0.1) is 15.9 Å². The molecule has 0 atom stereocenters. The van der Waals surface area contributed by atoms with E-state index in [4.69, 9.17) is 10.5 Å². The predicted molar refractivity (Wildman–Crippen MR) is 164 cm³/mol. The van der Waals surface area contributed by atoms with E-state index in [1.54, 1.807) is 19.2 Å². The van der Waals surface area contributed by atoms with Crippen molar-refractivity contribution >= 4 is 27.2 Å². The van der Waals surface area contributed by atoms with E-state index in [9.17, 15) is 22.9 Å². The van der Waals surface area contributed by atoms with Gasteiger partial charge in [-0.05, 0) is 65.9 Å². The molecule has 1 aliphatic rings. The van der Waals surface area contributed by atoms with Crippen LogP contribution in [0.3, 0.4) is 0 Å². The van der Waals surface area contributed by atoms with E-state index in [1.165, 1.54) is 16.7 Å². The zero-order chi connectivity index (χ0) is 30.6. The van der Waals surface area contributed by atoms with Crippen LogP contribution < -0.4 is 10.6 Å². The Morgan fingerprint density at radius 3 is 2.30 bits per heavy atom. The summed E-state index contributed by atoms with van der Waals surface area (Å²) in [4.78, 5) is 11.7. The molecule has 222 valence electrons. The van der Waals surface area contributed by atoms with Crippen LogP contribution in [-0.4, -0.2) is 45.0 Å². The molecule has 0 radical (unpaired) electrons. The van der Waals surface area contributed by atoms with Crippen LogP contribution in [0.15, 0.2) is 106 Å². The highest BCUT2D eigenvalue weighted by atomic mass is 32.2. The van der Waals surface area contributed by atoms with Crippen LogP contribution in [0.5, 0.6) is 0 Å². The van der Waals surface area contributed by atoms with Gasteiger partial charge >= 0.3 is 5.69 Å². The SMILES string of the molecule is COC1(Cc2ccccc2-c2ccccc2)CCN(c2ccc(/C(N)=N\S(=O)(=O)c3ccc(F)c([N+](=O)[O-])c3)cc2)CC1. The van der Waals surface area contributed by atoms with Gasteiger partial charge in [-0.15, -0.1) is 4.40 Å². The van der Waals surface area contributed by atoms with E-state index in [-0.39, 0.29) is 11.4 Å². The maximum absolute atomic E-state index is 13.7. The second kappa shape index (κ2) is 12.3. The number of sulfonamides is 1. The fraction of sp³-hybridized carbons (Fsp3) is 0.219. The number of benzene rings is 4. The van der Waals surface area contributed by atoms with Crippen molar-refractivity contribution in [2.75, 3.05) is 25.1 Å². The lowest BCUT2D eigenvalue weighted by Crippen LogP contribution is -2.47. The molecule has 4 aromatic rings. The third-order valence-corrected chi connectivity index (χ3v) is 9.17. The minimum absolute atomic E-state index is 0.285. The molecular weight excluding hydrogens is 571 g/mol. The van der Waals surface area contributed by atoms with Crippen LogP contribution in [0.2, 0.25) is 0 Å². The van der Waals surface area contributed by atoms with Crippen molar-refractivity contribution in [2.24, 2.45) is 10.1 Å². The van der Waals surface area contributed by atoms with Crippen LogP contribution >= 0.6 is 0 Å². The van der Waals surface area contributed by atoms with Gasteiger partial charge in [0.2, 0.25) is 5.82 Å². The molecule has 0 amide bonds. The average Bonchev–Trinajstić information content (AvgIpc) is 3.02. The normalized spacial score (nSPS) is 15.3. The van der Waals surface area contributed by atoms with E-state index in [0.29, 0.717) is 17.7 Å². The van der Waals surface area contributed by atoms with Gasteiger partial charge in [0, 0.05) is 43.9 Å². The van der Waals surface area contributed by atoms with Crippen LogP contribution in [0.4, 0.5) is 15.8 Å². The number of halogens is 1. The molecule has 1 heterocycles. The van der Waals surface area contributed by atoms with Gasteiger partial charge in [-0.1, -0.05) is 54.6 Å². The summed E-state index contributed by atoms with van der Waals surface area (Å²) < 4.78 is 48.8. The largest absolute Gasteiger partial charge is 0.383 e. The number of rotatable bonds is 9. The highest BCUT2D eigenvalue weighted by Crippen LogP contribution is 2.35. The molecule has 1 fully saturated rings. The second-order valence-electron chi connectivity index (χ2n) is 10.4. The number of amidine groups is 1. The first-order valence-corrected chi connectivity index (χ1v) is 15.1. The van der Waals surface area contributed by atoms with Crippen LogP contribution in [0.1, 0.15) is 24.0 Å². The highest BCUT2D eigenvalue weighted by Gasteiger charge is 2.35. The molecule has 0 spiro atoms. The fourth-order valence-corrected chi connectivity index (χ4v) is 6.39. The monoisotopic (exact) mass is 602 g/mol. The summed E-state index contributed by atoms with van der Waals surface area (Å²) in [5.74, 6) is -1.43. The maximum atomic E-state index is 13.7. The number of ether oxygens (including phenoxy) is 1. The van der Waals surface area contributed by atoms with E-state index in [2.05, 4.69) is 45.7 Å². The number of nitrogens with zero attached hydrogens (tertiary/aromatic N) is 3. The fourth-order valence-electron chi connectivity index (χ4n) is 5.42. The molecule has 0 aromatic heterocycles. The summed E-state index contributed by atoms with van der Waals surface area (Å²) in [7, 11) is -2.63. The Morgan fingerprint density at radius 1 is 1.00 bits per heavy atom. The Balaban J connectivity index is 1.28. The Labute approximate surface area is 249 Å². The molecule has 0 aliphatic carbocycles. The van der Waals surface area contributed by atoms with Crippen molar-refractivity contribution in [1.29, 1.82) is 0 Å². The van der Waals surface area contributed by atoms with Gasteiger partial charge in [0.15, 0.2) is 0 Å². The van der Waals surface area contributed by atoms with Crippen molar-refractivity contribution in [2.45, 2.75) is 29.8 Å². The molecule has 43 heavy (non-hydrogen) atoms. The average molecular weight is 603 g/mol. The molecule has 4 aromatic carbocycles. The summed E-state index contributed by atoms with van der Waals surface area (Å²) in [6, 6.07) is 28.0. The highest BCUT2D eigenvalue weighted by molar-refractivity contribution is 7.90. The molecule has 0 saturated carbocycles. The summed E-state index contributed by atoms with van der Waals surface area (Å²) in [6.07, 6.45) is 2.43. The summed E-state index contributed by atoms with van der Waals surface area (Å²) in [5, 5.41) is 11.0. The lowest BCUT2D eigenvalue weighted by atomic mass is 9.82. The van der Waals surface area contributed by atoms with Gasteiger partial charge in [0.25, 0.3) is 10.0 Å². The summed E-state index contributed by atoms with van der Waals surface area (Å²) in [5.41, 5.74) is 9.66. The van der Waals surface area contributed by atoms with Crippen molar-refractivity contribution < 1.29 is 22.5 Å². The number of hydrogen-bond donors (Lipinski definition) is 1. The first kappa shape index (κ1) is 29.9. The molecule has 9 nitrogen and oxygen atoms in total. The third-order valence-electron chi connectivity index (χ3n) is 7.88. The Kier molecular flexibility index (Phi) is 8.56. The first-order chi connectivity index (χ1) is 20.6. The molecule has 11 heteroatoms. The molecule has 0 unspecified atom stereocenters. The van der Waals surface area contributed by atoms with E-state index >= 15 is 0 Å². The van der Waals surface area contributed by atoms with Gasteiger partial charge in [-0.25, -0.2) is 0 Å². The lowest BCUT2D eigenvalue weighted by Gasteiger charge is -2.42. The summed E-state index contributed by atoms with van der Waals surface area (Å²) >= 11 is 0. The molecule has 1 saturated heterocycles. The van der Waals surface area contributed by atoms with Gasteiger partial charge in [0.05, 0.1) is 15.4 Å². The molecular formula is C32H31FN4O5S. The minimum atomic E-state index is -4.41. The maximum Gasteiger partial charge on any atom is 0.306 e. The van der Waals surface area contributed by atoms with Crippen molar-refractivity contribution in [1.82, 2.24) is 0 Å². The van der Waals surface area contributed by atoms with E-state index in [0.717, 1.165) is 44.1 Å². The van der Waals surface area contributed by atoms with Crippen molar-refractivity contribution in [3.8, 4) is 11.1 Å². The number of hydrogen-bond acceptors (Lipinski definition) is 6. The zero-order valence-electron chi connectivity index (χ0n) is 23.5. The first-order valence-electron chi connectivity index (χ1n) is 13.7. The zero-order valence-corrected chi connectivity index (χ0v) is 24.3. The van der Waals surface area contributed by atoms with E-state index in [1.807, 2.05) is 30.3 Å². The van der Waals surface area contributed by atoms with E-state index < -0.39 is 31.3 Å². The number of piperidine rings is 1. The quantitative estimate of drug-likeness (QED) is 0.112. The topological polar surface area (TPSA) is 128 Å². The van der Waals surface area contributed by atoms with Gasteiger partial charge < -0.3 is 15.4 Å². The number of anilines is 1. The van der Waals surface area contributed by atoms with Gasteiger partial charge in [0.1, 0.15) is 5.84 Å². The van der Waals surface area contributed by atoms with Crippen LogP contribution in [0.25, 0.3) is 11.1 Å².